The van der Waals surface area contributed by atoms with Crippen LogP contribution in [0.3, 0.4) is 0 Å². The Morgan fingerprint density at radius 1 is 0.905 bits per heavy atom. The highest BCUT2D eigenvalue weighted by atomic mass is 16.5. The van der Waals surface area contributed by atoms with Gasteiger partial charge in [0, 0.05) is 26.6 Å². The maximum absolute atomic E-state index is 11.3. The van der Waals surface area contributed by atoms with E-state index in [9.17, 15) is 19.2 Å². The lowest BCUT2D eigenvalue weighted by Crippen LogP contribution is -2.43. The first kappa shape index (κ1) is 18.6. The van der Waals surface area contributed by atoms with Crippen molar-refractivity contribution in [3.63, 3.8) is 0 Å². The van der Waals surface area contributed by atoms with Gasteiger partial charge in [-0.05, 0) is 0 Å². The molecule has 0 aliphatic rings. The number of nitrogens with one attached hydrogen (secondary N) is 4. The molecule has 0 aliphatic heterocycles. The number of rotatable bonds is 10. The first-order valence-corrected chi connectivity index (χ1v) is 6.21. The van der Waals surface area contributed by atoms with E-state index in [2.05, 4.69) is 21.3 Å². The summed E-state index contributed by atoms with van der Waals surface area (Å²) in [5, 5.41) is 17.6. The third kappa shape index (κ3) is 12.4. The van der Waals surface area contributed by atoms with Crippen molar-refractivity contribution in [2.24, 2.45) is 0 Å². The molecule has 0 spiro atoms. The minimum atomic E-state index is -1.17. The summed E-state index contributed by atoms with van der Waals surface area (Å²) in [6.07, 6.45) is 0.0995. The van der Waals surface area contributed by atoms with Crippen LogP contribution in [0.1, 0.15) is 6.42 Å². The van der Waals surface area contributed by atoms with Crippen molar-refractivity contribution in [3.05, 3.63) is 0 Å². The lowest BCUT2D eigenvalue weighted by atomic mass is 10.4. The minimum absolute atomic E-state index is 0.0995. The second-order valence-corrected chi connectivity index (χ2v) is 3.87. The summed E-state index contributed by atoms with van der Waals surface area (Å²) >= 11 is 0. The van der Waals surface area contributed by atoms with Crippen LogP contribution >= 0.6 is 0 Å². The van der Waals surface area contributed by atoms with E-state index >= 15 is 0 Å². The van der Waals surface area contributed by atoms with Gasteiger partial charge in [-0.15, -0.1) is 0 Å². The molecule has 0 aliphatic carbocycles. The molecule has 0 aromatic rings. The summed E-state index contributed by atoms with van der Waals surface area (Å²) in [5.74, 6) is -2.02. The van der Waals surface area contributed by atoms with Gasteiger partial charge in [-0.25, -0.2) is 4.79 Å². The quantitative estimate of drug-likeness (QED) is 0.285. The van der Waals surface area contributed by atoms with Crippen LogP contribution in [-0.4, -0.2) is 68.8 Å². The molecule has 0 rings (SSSR count). The fraction of sp³-hybridized carbons (Fsp3) is 0.636. The number of hydrogen-bond donors (Lipinski definition) is 5. The number of carboxylic acid groups (broad SMARTS) is 1. The molecule has 10 nitrogen and oxygen atoms in total. The van der Waals surface area contributed by atoms with Crippen LogP contribution < -0.4 is 21.3 Å². The van der Waals surface area contributed by atoms with Gasteiger partial charge in [0.1, 0.15) is 6.54 Å². The van der Waals surface area contributed by atoms with E-state index in [4.69, 9.17) is 9.84 Å². The van der Waals surface area contributed by atoms with Crippen molar-refractivity contribution in [2.45, 2.75) is 6.42 Å². The standard InChI is InChI=1S/C11H20N4O6/c1-21-5-4-12-8(16)2-3-13-11(20)15-6-9(17)14-7-10(18)19/h2-7H2,1H3,(H,12,16)(H,14,17)(H,18,19)(H2,13,15,20). The van der Waals surface area contributed by atoms with Gasteiger partial charge in [0.15, 0.2) is 0 Å². The number of hydrogen-bond acceptors (Lipinski definition) is 5. The van der Waals surface area contributed by atoms with Crippen LogP contribution in [0.5, 0.6) is 0 Å². The largest absolute Gasteiger partial charge is 0.480 e. The van der Waals surface area contributed by atoms with E-state index in [1.807, 2.05) is 0 Å². The van der Waals surface area contributed by atoms with E-state index in [0.29, 0.717) is 13.2 Å². The molecule has 0 bridgehead atoms. The molecule has 0 saturated carbocycles. The second-order valence-electron chi connectivity index (χ2n) is 3.87. The monoisotopic (exact) mass is 304 g/mol. The molecule has 0 aromatic heterocycles. The zero-order valence-electron chi connectivity index (χ0n) is 11.7. The number of urea groups is 1. The Bertz CT molecular complexity index is 374. The summed E-state index contributed by atoms with van der Waals surface area (Å²) in [7, 11) is 1.52. The summed E-state index contributed by atoms with van der Waals surface area (Å²) in [4.78, 5) is 43.8. The van der Waals surface area contributed by atoms with E-state index in [1.54, 1.807) is 0 Å². The van der Waals surface area contributed by atoms with Gasteiger partial charge in [0.25, 0.3) is 0 Å². The van der Waals surface area contributed by atoms with Crippen molar-refractivity contribution in [1.29, 1.82) is 0 Å². The summed E-state index contributed by atoms with van der Waals surface area (Å²) < 4.78 is 4.75. The average Bonchev–Trinajstić information content (AvgIpc) is 2.43. The predicted octanol–water partition coefficient (Wildman–Crippen LogP) is -2.36. The highest BCUT2D eigenvalue weighted by Gasteiger charge is 2.07. The van der Waals surface area contributed by atoms with Crippen LogP contribution in [0.4, 0.5) is 4.79 Å². The van der Waals surface area contributed by atoms with Gasteiger partial charge in [0.2, 0.25) is 11.8 Å². The third-order valence-corrected chi connectivity index (χ3v) is 2.11. The van der Waals surface area contributed by atoms with Crippen LogP contribution in [0, 0.1) is 0 Å². The van der Waals surface area contributed by atoms with Gasteiger partial charge >= 0.3 is 12.0 Å². The van der Waals surface area contributed by atoms with Gasteiger partial charge in [-0.3, -0.25) is 14.4 Å². The molecular weight excluding hydrogens is 284 g/mol. The predicted molar refractivity (Wildman–Crippen MR) is 71.5 cm³/mol. The molecule has 10 heteroatoms. The highest BCUT2D eigenvalue weighted by molar-refractivity contribution is 5.86. The first-order valence-electron chi connectivity index (χ1n) is 6.21. The van der Waals surface area contributed by atoms with Crippen molar-refractivity contribution >= 4 is 23.8 Å². The van der Waals surface area contributed by atoms with Crippen molar-refractivity contribution in [1.82, 2.24) is 21.3 Å². The summed E-state index contributed by atoms with van der Waals surface area (Å²) in [6, 6.07) is -0.620. The van der Waals surface area contributed by atoms with Crippen LogP contribution in [-0.2, 0) is 19.1 Å². The van der Waals surface area contributed by atoms with Crippen molar-refractivity contribution in [2.75, 3.05) is 39.9 Å². The van der Waals surface area contributed by atoms with E-state index in [0.717, 1.165) is 0 Å². The smallest absolute Gasteiger partial charge is 0.322 e. The number of carbonyl (C=O) groups is 4. The fourth-order valence-corrected chi connectivity index (χ4v) is 1.13. The Labute approximate surface area is 121 Å². The Kier molecular flexibility index (Phi) is 10.2. The maximum Gasteiger partial charge on any atom is 0.322 e. The Hall–Kier alpha value is -2.36. The van der Waals surface area contributed by atoms with E-state index in [-0.39, 0.29) is 25.4 Å². The normalized spacial score (nSPS) is 9.57. The van der Waals surface area contributed by atoms with Gasteiger partial charge in [-0.2, -0.15) is 0 Å². The number of aliphatic carboxylic acids is 1. The fourth-order valence-electron chi connectivity index (χ4n) is 1.13. The SMILES string of the molecule is COCCNC(=O)CCNC(=O)NCC(=O)NCC(=O)O. The van der Waals surface area contributed by atoms with Crippen molar-refractivity contribution < 1.29 is 29.0 Å². The van der Waals surface area contributed by atoms with Gasteiger partial charge in [0.05, 0.1) is 13.2 Å². The Morgan fingerprint density at radius 3 is 2.24 bits per heavy atom. The molecule has 0 saturated heterocycles. The number of methoxy groups -OCH3 is 1. The molecule has 0 radical (unpaired) electrons. The Balaban J connectivity index is 3.60. The number of carbonyl (C=O) groups excluding carboxylic acids is 3. The number of amides is 4. The Morgan fingerprint density at radius 2 is 1.62 bits per heavy atom. The van der Waals surface area contributed by atoms with Crippen molar-refractivity contribution in [3.8, 4) is 0 Å². The highest BCUT2D eigenvalue weighted by Crippen LogP contribution is 1.78. The third-order valence-electron chi connectivity index (χ3n) is 2.11. The van der Waals surface area contributed by atoms with Crippen LogP contribution in [0.15, 0.2) is 0 Å². The van der Waals surface area contributed by atoms with Gasteiger partial charge < -0.3 is 31.1 Å². The van der Waals surface area contributed by atoms with E-state index < -0.39 is 24.5 Å². The lowest BCUT2D eigenvalue weighted by Gasteiger charge is -2.08. The molecule has 5 N–H and O–H groups in total. The minimum Gasteiger partial charge on any atom is -0.480 e. The van der Waals surface area contributed by atoms with E-state index in [1.165, 1.54) is 7.11 Å². The molecule has 0 atom stereocenters. The zero-order valence-corrected chi connectivity index (χ0v) is 11.7. The van der Waals surface area contributed by atoms with Gasteiger partial charge in [-0.1, -0.05) is 0 Å². The summed E-state index contributed by atoms with van der Waals surface area (Å²) in [6.45, 7) is 0.0563. The molecule has 4 amide bonds. The topological polar surface area (TPSA) is 146 Å². The number of ether oxygens (including phenoxy) is 1. The van der Waals surface area contributed by atoms with Crippen LogP contribution in [0.2, 0.25) is 0 Å². The average molecular weight is 304 g/mol. The molecule has 120 valence electrons. The molecule has 0 unspecified atom stereocenters. The molecular formula is C11H20N4O6. The lowest BCUT2D eigenvalue weighted by molar-refractivity contribution is -0.137. The maximum atomic E-state index is 11.3. The second kappa shape index (κ2) is 11.5. The summed E-state index contributed by atoms with van der Waals surface area (Å²) in [5.41, 5.74) is 0. The molecule has 0 fully saturated rings. The first-order chi connectivity index (χ1) is 9.95. The zero-order chi connectivity index (χ0) is 16.1. The number of carboxylic acids is 1. The molecule has 21 heavy (non-hydrogen) atoms. The molecule has 0 aromatic carbocycles. The molecule has 0 heterocycles. The van der Waals surface area contributed by atoms with Crippen LogP contribution in [0.25, 0.3) is 0 Å².